The van der Waals surface area contributed by atoms with Gasteiger partial charge in [0.15, 0.2) is 0 Å². The molecule has 1 atom stereocenters. The molecule has 0 aliphatic heterocycles. The van der Waals surface area contributed by atoms with E-state index in [4.69, 9.17) is 21.2 Å². The summed E-state index contributed by atoms with van der Waals surface area (Å²) in [6.45, 7) is 0. The molecule has 0 aliphatic rings. The standard InChI is InChI=1S/C20H17ClN2O4/c21-16-3-1-2-15(11-16)14-6-4-13(5-7-14)10-17(12-19(24)25)23-20(26)18-8-9-22-27-18/h1-9,11,17H,10,12H2,(H,23,26)(H,24,25). The third kappa shape index (κ3) is 5.18. The molecule has 0 saturated heterocycles. The van der Waals surface area contributed by atoms with Gasteiger partial charge in [0.25, 0.3) is 5.91 Å². The van der Waals surface area contributed by atoms with E-state index < -0.39 is 17.9 Å². The van der Waals surface area contributed by atoms with E-state index in [9.17, 15) is 9.59 Å². The van der Waals surface area contributed by atoms with Gasteiger partial charge >= 0.3 is 5.97 Å². The number of aromatic nitrogens is 1. The van der Waals surface area contributed by atoms with Crippen molar-refractivity contribution in [3.63, 3.8) is 0 Å². The Kier molecular flexibility index (Phi) is 5.88. The fourth-order valence-electron chi connectivity index (χ4n) is 2.76. The molecule has 0 radical (unpaired) electrons. The zero-order chi connectivity index (χ0) is 19.2. The lowest BCUT2D eigenvalue weighted by molar-refractivity contribution is -0.137. The number of halogens is 1. The molecule has 1 heterocycles. The monoisotopic (exact) mass is 384 g/mol. The molecule has 2 N–H and O–H groups in total. The normalized spacial score (nSPS) is 11.7. The number of benzene rings is 2. The van der Waals surface area contributed by atoms with Crippen LogP contribution in [0, 0.1) is 0 Å². The van der Waals surface area contributed by atoms with Crippen LogP contribution >= 0.6 is 11.6 Å². The van der Waals surface area contributed by atoms with Crippen molar-refractivity contribution in [3.05, 3.63) is 77.1 Å². The number of amides is 1. The van der Waals surface area contributed by atoms with Crippen LogP contribution in [0.3, 0.4) is 0 Å². The van der Waals surface area contributed by atoms with Gasteiger partial charge in [0.05, 0.1) is 12.6 Å². The molecular weight excluding hydrogens is 368 g/mol. The summed E-state index contributed by atoms with van der Waals surface area (Å²) in [4.78, 5) is 23.2. The maximum absolute atomic E-state index is 12.1. The Morgan fingerprint density at radius 3 is 2.52 bits per heavy atom. The van der Waals surface area contributed by atoms with Gasteiger partial charge in [-0.2, -0.15) is 0 Å². The smallest absolute Gasteiger partial charge is 0.305 e. The Hall–Kier alpha value is -3.12. The van der Waals surface area contributed by atoms with Crippen LogP contribution in [0.1, 0.15) is 22.5 Å². The van der Waals surface area contributed by atoms with Crippen LogP contribution in [0.25, 0.3) is 11.1 Å². The van der Waals surface area contributed by atoms with Gasteiger partial charge in [0.2, 0.25) is 5.76 Å². The molecule has 3 rings (SSSR count). The molecule has 0 fully saturated rings. The topological polar surface area (TPSA) is 92.4 Å². The summed E-state index contributed by atoms with van der Waals surface area (Å²) >= 11 is 6.03. The Labute approximate surface area is 160 Å². The minimum atomic E-state index is -0.992. The lowest BCUT2D eigenvalue weighted by Crippen LogP contribution is -2.38. The molecule has 27 heavy (non-hydrogen) atoms. The van der Waals surface area contributed by atoms with E-state index in [1.54, 1.807) is 0 Å². The predicted octanol–water partition coefficient (Wildman–Crippen LogP) is 3.81. The van der Waals surface area contributed by atoms with Gasteiger partial charge in [-0.05, 0) is 35.2 Å². The van der Waals surface area contributed by atoms with Crippen molar-refractivity contribution in [2.75, 3.05) is 0 Å². The zero-order valence-corrected chi connectivity index (χ0v) is 15.0. The number of carbonyl (C=O) groups excluding carboxylic acids is 1. The summed E-state index contributed by atoms with van der Waals surface area (Å²) in [7, 11) is 0. The van der Waals surface area contributed by atoms with Crippen molar-refractivity contribution in [3.8, 4) is 11.1 Å². The van der Waals surface area contributed by atoms with Crippen molar-refractivity contribution < 1.29 is 19.2 Å². The van der Waals surface area contributed by atoms with Crippen LogP contribution in [0.4, 0.5) is 0 Å². The van der Waals surface area contributed by atoms with Crippen molar-refractivity contribution in [2.24, 2.45) is 0 Å². The first-order valence-corrected chi connectivity index (χ1v) is 8.67. The molecule has 138 valence electrons. The van der Waals surface area contributed by atoms with Gasteiger partial charge in [0.1, 0.15) is 0 Å². The van der Waals surface area contributed by atoms with Gasteiger partial charge in [-0.3, -0.25) is 9.59 Å². The quantitative estimate of drug-likeness (QED) is 0.646. The maximum atomic E-state index is 12.1. The SMILES string of the molecule is O=C(O)CC(Cc1ccc(-c2cccc(Cl)c2)cc1)NC(=O)c1ccno1. The number of nitrogens with zero attached hydrogens (tertiary/aromatic N) is 1. The number of hydrogen-bond acceptors (Lipinski definition) is 4. The van der Waals surface area contributed by atoms with Crippen LogP contribution in [0.15, 0.2) is 65.3 Å². The molecule has 0 bridgehead atoms. The fraction of sp³-hybridized carbons (Fsp3) is 0.150. The minimum absolute atomic E-state index is 0.0432. The highest BCUT2D eigenvalue weighted by atomic mass is 35.5. The number of rotatable bonds is 7. The molecule has 7 heteroatoms. The van der Waals surface area contributed by atoms with Crippen molar-refractivity contribution in [1.29, 1.82) is 0 Å². The second-order valence-electron chi connectivity index (χ2n) is 6.06. The molecule has 6 nitrogen and oxygen atoms in total. The van der Waals surface area contributed by atoms with Crippen LogP contribution in [0.5, 0.6) is 0 Å². The molecule has 2 aromatic carbocycles. The Morgan fingerprint density at radius 2 is 1.89 bits per heavy atom. The largest absolute Gasteiger partial charge is 0.481 e. The van der Waals surface area contributed by atoms with E-state index in [1.807, 2.05) is 48.5 Å². The molecular formula is C20H17ClN2O4. The van der Waals surface area contributed by atoms with E-state index in [2.05, 4.69) is 10.5 Å². The summed E-state index contributed by atoms with van der Waals surface area (Å²) in [5, 5.41) is 15.9. The molecule has 1 aromatic heterocycles. The van der Waals surface area contributed by atoms with Crippen molar-refractivity contribution in [1.82, 2.24) is 10.5 Å². The van der Waals surface area contributed by atoms with Crippen LogP contribution in [-0.4, -0.2) is 28.2 Å². The first-order chi connectivity index (χ1) is 13.0. The van der Waals surface area contributed by atoms with E-state index >= 15 is 0 Å². The summed E-state index contributed by atoms with van der Waals surface area (Å²) in [5.41, 5.74) is 2.90. The van der Waals surface area contributed by atoms with E-state index in [0.717, 1.165) is 16.7 Å². The van der Waals surface area contributed by atoms with Gasteiger partial charge in [-0.25, -0.2) is 0 Å². The summed E-state index contributed by atoms with van der Waals surface area (Å²) in [5.74, 6) is -1.44. The average Bonchev–Trinajstić information content (AvgIpc) is 3.16. The fourth-order valence-corrected chi connectivity index (χ4v) is 2.95. The highest BCUT2D eigenvalue weighted by Gasteiger charge is 2.19. The van der Waals surface area contributed by atoms with Gasteiger partial charge < -0.3 is 14.9 Å². The highest BCUT2D eigenvalue weighted by Crippen LogP contribution is 2.23. The maximum Gasteiger partial charge on any atom is 0.305 e. The Bertz CT molecular complexity index is 923. The lowest BCUT2D eigenvalue weighted by atomic mass is 9.99. The van der Waals surface area contributed by atoms with E-state index in [0.29, 0.717) is 11.4 Å². The van der Waals surface area contributed by atoms with Crippen molar-refractivity contribution >= 4 is 23.5 Å². The van der Waals surface area contributed by atoms with Crippen LogP contribution in [0.2, 0.25) is 5.02 Å². The number of aliphatic carboxylic acids is 1. The predicted molar refractivity (Wildman–Crippen MR) is 101 cm³/mol. The van der Waals surface area contributed by atoms with E-state index in [-0.39, 0.29) is 12.2 Å². The zero-order valence-electron chi connectivity index (χ0n) is 14.3. The van der Waals surface area contributed by atoms with Gasteiger partial charge in [-0.1, -0.05) is 53.2 Å². The number of nitrogens with one attached hydrogen (secondary N) is 1. The third-order valence-electron chi connectivity index (χ3n) is 4.01. The Balaban J connectivity index is 1.71. The molecule has 0 spiro atoms. The summed E-state index contributed by atoms with van der Waals surface area (Å²) < 4.78 is 4.81. The minimum Gasteiger partial charge on any atom is -0.481 e. The number of carboxylic acid groups (broad SMARTS) is 1. The first kappa shape index (κ1) is 18.7. The molecule has 0 aliphatic carbocycles. The molecule has 0 saturated carbocycles. The lowest BCUT2D eigenvalue weighted by Gasteiger charge is -2.16. The van der Waals surface area contributed by atoms with Crippen LogP contribution < -0.4 is 5.32 Å². The third-order valence-corrected chi connectivity index (χ3v) is 4.25. The van der Waals surface area contributed by atoms with Gasteiger partial charge in [-0.15, -0.1) is 0 Å². The number of carboxylic acids is 1. The van der Waals surface area contributed by atoms with Crippen LogP contribution in [-0.2, 0) is 11.2 Å². The molecule has 1 amide bonds. The molecule has 1 unspecified atom stereocenters. The highest BCUT2D eigenvalue weighted by molar-refractivity contribution is 6.30. The summed E-state index contributed by atoms with van der Waals surface area (Å²) in [6, 6.07) is 16.1. The van der Waals surface area contributed by atoms with Crippen molar-refractivity contribution in [2.45, 2.75) is 18.9 Å². The first-order valence-electron chi connectivity index (χ1n) is 8.29. The Morgan fingerprint density at radius 1 is 1.11 bits per heavy atom. The van der Waals surface area contributed by atoms with E-state index in [1.165, 1.54) is 12.3 Å². The molecule has 3 aromatic rings. The number of hydrogen-bond donors (Lipinski definition) is 2. The van der Waals surface area contributed by atoms with Gasteiger partial charge in [0, 0.05) is 17.1 Å². The summed E-state index contributed by atoms with van der Waals surface area (Å²) in [6.07, 6.45) is 1.54. The second kappa shape index (κ2) is 8.51. The second-order valence-corrected chi connectivity index (χ2v) is 6.49. The average molecular weight is 385 g/mol. The number of carbonyl (C=O) groups is 2.